The molecule has 1 fully saturated rings. The van der Waals surface area contributed by atoms with E-state index >= 15 is 0 Å². The minimum Gasteiger partial charge on any atom is -0.379 e. The molecule has 1 aromatic heterocycles. The molecule has 0 saturated carbocycles. The van der Waals surface area contributed by atoms with Gasteiger partial charge in [-0.3, -0.25) is 0 Å². The molecule has 2 atom stereocenters. The van der Waals surface area contributed by atoms with Crippen molar-refractivity contribution in [1.82, 2.24) is 9.55 Å². The molecule has 1 saturated heterocycles. The average molecular weight is 237 g/mol. The summed E-state index contributed by atoms with van der Waals surface area (Å²) < 4.78 is 7.81. The Morgan fingerprint density at radius 2 is 2.35 bits per heavy atom. The van der Waals surface area contributed by atoms with E-state index in [0.29, 0.717) is 18.4 Å². The van der Waals surface area contributed by atoms with E-state index in [0.717, 1.165) is 19.6 Å². The normalized spacial score (nSPS) is 26.6. The molecule has 0 bridgehead atoms. The van der Waals surface area contributed by atoms with Crippen LogP contribution in [0, 0.1) is 5.92 Å². The Balaban J connectivity index is 2.33. The summed E-state index contributed by atoms with van der Waals surface area (Å²) in [6.07, 6.45) is 4.93. The highest BCUT2D eigenvalue weighted by Gasteiger charge is 2.34. The molecule has 2 unspecified atom stereocenters. The van der Waals surface area contributed by atoms with E-state index in [1.165, 1.54) is 5.69 Å². The Kier molecular flexibility index (Phi) is 3.54. The van der Waals surface area contributed by atoms with Gasteiger partial charge in [-0.15, -0.1) is 0 Å². The van der Waals surface area contributed by atoms with Gasteiger partial charge >= 0.3 is 0 Å². The molecule has 1 aliphatic rings. The summed E-state index contributed by atoms with van der Waals surface area (Å²) in [4.78, 5) is 4.32. The van der Waals surface area contributed by atoms with Crippen molar-refractivity contribution >= 4 is 0 Å². The Morgan fingerprint density at radius 1 is 1.59 bits per heavy atom. The molecule has 0 spiro atoms. The average Bonchev–Trinajstić information content (AvgIpc) is 2.88. The molecule has 0 aromatic carbocycles. The topological polar surface area (TPSA) is 53.1 Å². The van der Waals surface area contributed by atoms with E-state index in [4.69, 9.17) is 10.5 Å². The first-order valence-electron chi connectivity index (χ1n) is 6.39. The van der Waals surface area contributed by atoms with Crippen molar-refractivity contribution < 1.29 is 4.74 Å². The second-order valence-corrected chi connectivity index (χ2v) is 5.57. The van der Waals surface area contributed by atoms with Gasteiger partial charge in [-0.2, -0.15) is 0 Å². The van der Waals surface area contributed by atoms with E-state index < -0.39 is 0 Å². The van der Waals surface area contributed by atoms with Crippen LogP contribution in [0.4, 0.5) is 0 Å². The van der Waals surface area contributed by atoms with E-state index in [1.807, 2.05) is 12.5 Å². The van der Waals surface area contributed by atoms with E-state index in [1.54, 1.807) is 0 Å². The highest BCUT2D eigenvalue weighted by molar-refractivity contribution is 5.12. The molecule has 1 aliphatic heterocycles. The van der Waals surface area contributed by atoms with E-state index in [9.17, 15) is 0 Å². The lowest BCUT2D eigenvalue weighted by molar-refractivity contribution is 0.159. The van der Waals surface area contributed by atoms with Crippen LogP contribution < -0.4 is 5.73 Å². The highest BCUT2D eigenvalue weighted by Crippen LogP contribution is 2.32. The van der Waals surface area contributed by atoms with E-state index in [-0.39, 0.29) is 5.54 Å². The molecule has 0 radical (unpaired) electrons. The molecular weight excluding hydrogens is 214 g/mol. The summed E-state index contributed by atoms with van der Waals surface area (Å²) in [5, 5.41) is 0. The second kappa shape index (κ2) is 4.78. The minimum absolute atomic E-state index is 0.0497. The third-order valence-corrected chi connectivity index (χ3v) is 3.89. The fourth-order valence-corrected chi connectivity index (χ4v) is 2.61. The van der Waals surface area contributed by atoms with Gasteiger partial charge in [0.05, 0.1) is 18.5 Å². The maximum atomic E-state index is 5.90. The van der Waals surface area contributed by atoms with Crippen molar-refractivity contribution in [2.45, 2.75) is 38.6 Å². The molecule has 2 N–H and O–H groups in total. The van der Waals surface area contributed by atoms with Gasteiger partial charge in [0.25, 0.3) is 0 Å². The lowest BCUT2D eigenvalue weighted by Crippen LogP contribution is -2.33. The van der Waals surface area contributed by atoms with Crippen molar-refractivity contribution in [2.24, 2.45) is 11.7 Å². The minimum atomic E-state index is 0.0497. The number of nitrogens with two attached hydrogens (primary N) is 1. The van der Waals surface area contributed by atoms with E-state index in [2.05, 4.69) is 30.3 Å². The van der Waals surface area contributed by atoms with Crippen molar-refractivity contribution in [1.29, 1.82) is 0 Å². The van der Waals surface area contributed by atoms with Crippen molar-refractivity contribution in [3.8, 4) is 0 Å². The largest absolute Gasteiger partial charge is 0.379 e. The third-order valence-electron chi connectivity index (χ3n) is 3.89. The Morgan fingerprint density at radius 3 is 2.88 bits per heavy atom. The molecular formula is C13H23N3O. The number of ether oxygens (including phenoxy) is 1. The van der Waals surface area contributed by atoms with Crippen molar-refractivity contribution in [3.63, 3.8) is 0 Å². The Labute approximate surface area is 103 Å². The predicted octanol–water partition coefficient (Wildman–Crippen LogP) is 1.72. The van der Waals surface area contributed by atoms with Crippen molar-refractivity contribution in [3.05, 3.63) is 18.2 Å². The first-order valence-corrected chi connectivity index (χ1v) is 6.39. The van der Waals surface area contributed by atoms with Gasteiger partial charge in [0, 0.05) is 31.0 Å². The van der Waals surface area contributed by atoms with Crippen LogP contribution in [0.3, 0.4) is 0 Å². The number of hydrogen-bond donors (Lipinski definition) is 1. The van der Waals surface area contributed by atoms with Gasteiger partial charge in [-0.1, -0.05) is 13.8 Å². The van der Waals surface area contributed by atoms with Crippen molar-refractivity contribution in [2.75, 3.05) is 19.8 Å². The zero-order valence-electron chi connectivity index (χ0n) is 11.0. The Bertz CT molecular complexity index is 366. The van der Waals surface area contributed by atoms with Gasteiger partial charge in [-0.25, -0.2) is 4.98 Å². The molecule has 4 heteroatoms. The van der Waals surface area contributed by atoms with Crippen LogP contribution in [0.15, 0.2) is 12.5 Å². The zero-order chi connectivity index (χ0) is 12.5. The number of hydrogen-bond acceptors (Lipinski definition) is 3. The lowest BCUT2D eigenvalue weighted by atomic mass is 9.91. The third kappa shape index (κ3) is 2.24. The summed E-state index contributed by atoms with van der Waals surface area (Å²) >= 11 is 0. The number of rotatable bonds is 4. The molecule has 17 heavy (non-hydrogen) atoms. The maximum absolute atomic E-state index is 5.90. The molecule has 0 aliphatic carbocycles. The molecule has 2 heterocycles. The van der Waals surface area contributed by atoms with Crippen LogP contribution in [0.25, 0.3) is 0 Å². The molecule has 4 nitrogen and oxygen atoms in total. The highest BCUT2D eigenvalue weighted by atomic mass is 16.5. The summed E-state index contributed by atoms with van der Waals surface area (Å²) in [7, 11) is 0. The summed E-state index contributed by atoms with van der Waals surface area (Å²) in [5.41, 5.74) is 7.20. The summed E-state index contributed by atoms with van der Waals surface area (Å²) in [6.45, 7) is 8.93. The molecule has 2 rings (SSSR count). The first-order chi connectivity index (χ1) is 8.08. The zero-order valence-corrected chi connectivity index (χ0v) is 11.0. The molecule has 96 valence electrons. The van der Waals surface area contributed by atoms with Crippen LogP contribution in [0.2, 0.25) is 0 Å². The summed E-state index contributed by atoms with van der Waals surface area (Å²) in [6, 6.07) is 0. The van der Waals surface area contributed by atoms with Crippen LogP contribution in [0.1, 0.15) is 38.8 Å². The monoisotopic (exact) mass is 237 g/mol. The molecule has 1 aromatic rings. The number of imidazole rings is 1. The van der Waals surface area contributed by atoms with Crippen LogP contribution in [0.5, 0.6) is 0 Å². The SMILES string of the molecule is CC(C)C(CN)c1cncn1C1(C)CCOC1. The van der Waals surface area contributed by atoms with Gasteiger partial charge in [0.2, 0.25) is 0 Å². The van der Waals surface area contributed by atoms with Crippen LogP contribution >= 0.6 is 0 Å². The van der Waals surface area contributed by atoms with Gasteiger partial charge < -0.3 is 15.0 Å². The standard InChI is InChI=1S/C13H23N3O/c1-10(2)11(6-14)12-7-15-9-16(12)13(3)4-5-17-8-13/h7,9-11H,4-6,8,14H2,1-3H3. The maximum Gasteiger partial charge on any atom is 0.0954 e. The fourth-order valence-electron chi connectivity index (χ4n) is 2.61. The second-order valence-electron chi connectivity index (χ2n) is 5.57. The first kappa shape index (κ1) is 12.6. The Hall–Kier alpha value is -0.870. The van der Waals surface area contributed by atoms with Gasteiger partial charge in [0.1, 0.15) is 0 Å². The van der Waals surface area contributed by atoms with Gasteiger partial charge in [-0.05, 0) is 19.3 Å². The quantitative estimate of drug-likeness (QED) is 0.867. The lowest BCUT2D eigenvalue weighted by Gasteiger charge is -2.30. The predicted molar refractivity (Wildman–Crippen MR) is 67.9 cm³/mol. The number of aromatic nitrogens is 2. The van der Waals surface area contributed by atoms with Crippen LogP contribution in [-0.4, -0.2) is 29.3 Å². The smallest absolute Gasteiger partial charge is 0.0954 e. The number of nitrogens with zero attached hydrogens (tertiary/aromatic N) is 2. The van der Waals surface area contributed by atoms with Gasteiger partial charge in [0.15, 0.2) is 0 Å². The fraction of sp³-hybridized carbons (Fsp3) is 0.769. The molecule has 0 amide bonds. The summed E-state index contributed by atoms with van der Waals surface area (Å²) in [5.74, 6) is 0.899. The van der Waals surface area contributed by atoms with Crippen LogP contribution in [-0.2, 0) is 10.3 Å².